The lowest BCUT2D eigenvalue weighted by molar-refractivity contribution is 0.0794. The lowest BCUT2D eigenvalue weighted by Gasteiger charge is -2.14. The highest BCUT2D eigenvalue weighted by atomic mass is 16.2. The standard InChI is InChI=1S/C20H17N5O/c1-12(9-21)10-25-11-15-13(7-8-16(22)18(15)20(25)26)19-14-5-3-4-6-17(14)24(2)23-19/h3-8H,1,10-11,22H2,2H3. The van der Waals surface area contributed by atoms with E-state index in [0.717, 1.165) is 27.7 Å². The summed E-state index contributed by atoms with van der Waals surface area (Å²) in [6, 6.07) is 13.6. The van der Waals surface area contributed by atoms with Gasteiger partial charge in [-0.1, -0.05) is 30.8 Å². The molecule has 0 aliphatic carbocycles. The highest BCUT2D eigenvalue weighted by Crippen LogP contribution is 2.38. The first-order valence-electron chi connectivity index (χ1n) is 8.22. The number of hydrogen-bond donors (Lipinski definition) is 1. The number of fused-ring (bicyclic) bond motifs is 2. The molecule has 2 N–H and O–H groups in total. The summed E-state index contributed by atoms with van der Waals surface area (Å²) in [5.74, 6) is -0.170. The van der Waals surface area contributed by atoms with E-state index in [1.54, 1.807) is 11.0 Å². The normalized spacial score (nSPS) is 13.1. The Morgan fingerprint density at radius 2 is 2.12 bits per heavy atom. The van der Waals surface area contributed by atoms with Crippen LogP contribution in [0.25, 0.3) is 22.2 Å². The Kier molecular flexibility index (Phi) is 3.51. The maximum absolute atomic E-state index is 12.8. The van der Waals surface area contributed by atoms with Crippen LogP contribution < -0.4 is 5.73 Å². The number of amides is 1. The number of nitrogens with zero attached hydrogens (tertiary/aromatic N) is 4. The predicted molar refractivity (Wildman–Crippen MR) is 100 cm³/mol. The highest BCUT2D eigenvalue weighted by molar-refractivity contribution is 6.06. The maximum atomic E-state index is 12.8. The molecule has 128 valence electrons. The number of benzene rings is 2. The minimum atomic E-state index is -0.170. The average Bonchev–Trinajstić information content (AvgIpc) is 3.14. The molecule has 6 nitrogen and oxygen atoms in total. The quantitative estimate of drug-likeness (QED) is 0.585. The van der Waals surface area contributed by atoms with Gasteiger partial charge in [0.05, 0.1) is 23.7 Å². The van der Waals surface area contributed by atoms with Crippen LogP contribution >= 0.6 is 0 Å². The van der Waals surface area contributed by atoms with E-state index >= 15 is 0 Å². The van der Waals surface area contributed by atoms with Gasteiger partial charge in [0, 0.05) is 35.8 Å². The fourth-order valence-corrected chi connectivity index (χ4v) is 3.53. The van der Waals surface area contributed by atoms with E-state index in [1.165, 1.54) is 0 Å². The third kappa shape index (κ3) is 2.25. The van der Waals surface area contributed by atoms with Gasteiger partial charge in [-0.2, -0.15) is 10.4 Å². The number of nitrogen functional groups attached to an aromatic ring is 1. The molecule has 0 saturated carbocycles. The number of carbonyl (C=O) groups is 1. The molecule has 0 fully saturated rings. The highest BCUT2D eigenvalue weighted by Gasteiger charge is 2.32. The second-order valence-corrected chi connectivity index (χ2v) is 6.42. The van der Waals surface area contributed by atoms with E-state index in [9.17, 15) is 4.79 Å². The van der Waals surface area contributed by atoms with Crippen LogP contribution in [0.4, 0.5) is 5.69 Å². The van der Waals surface area contributed by atoms with E-state index in [4.69, 9.17) is 11.0 Å². The molecule has 1 amide bonds. The third-order valence-electron chi connectivity index (χ3n) is 4.75. The Balaban J connectivity index is 1.88. The summed E-state index contributed by atoms with van der Waals surface area (Å²) in [7, 11) is 1.90. The molecule has 1 aliphatic rings. The first kappa shape index (κ1) is 15.9. The summed E-state index contributed by atoms with van der Waals surface area (Å²) in [4.78, 5) is 14.4. The Hall–Kier alpha value is -3.59. The number of aryl methyl sites for hydroxylation is 1. The summed E-state index contributed by atoms with van der Waals surface area (Å²) in [5.41, 5.74) is 11.0. The van der Waals surface area contributed by atoms with E-state index in [2.05, 4.69) is 11.7 Å². The van der Waals surface area contributed by atoms with Gasteiger partial charge in [-0.25, -0.2) is 0 Å². The molecular weight excluding hydrogens is 326 g/mol. The van der Waals surface area contributed by atoms with Crippen LogP contribution in [0.5, 0.6) is 0 Å². The van der Waals surface area contributed by atoms with Crippen molar-refractivity contribution in [3.8, 4) is 17.3 Å². The van der Waals surface area contributed by atoms with Crippen LogP contribution in [-0.4, -0.2) is 27.1 Å². The number of hydrogen-bond acceptors (Lipinski definition) is 4. The summed E-state index contributed by atoms with van der Waals surface area (Å²) in [6.07, 6.45) is 0. The molecule has 3 aromatic rings. The van der Waals surface area contributed by atoms with Crippen LogP contribution in [-0.2, 0) is 13.6 Å². The first-order valence-corrected chi connectivity index (χ1v) is 8.22. The largest absolute Gasteiger partial charge is 0.398 e. The molecule has 2 heterocycles. The maximum Gasteiger partial charge on any atom is 0.256 e. The van der Waals surface area contributed by atoms with Crippen molar-refractivity contribution in [1.29, 1.82) is 5.26 Å². The summed E-state index contributed by atoms with van der Waals surface area (Å²) in [6.45, 7) is 4.27. The van der Waals surface area contributed by atoms with E-state index in [1.807, 2.05) is 48.1 Å². The second-order valence-electron chi connectivity index (χ2n) is 6.42. The minimum Gasteiger partial charge on any atom is -0.398 e. The number of nitriles is 1. The van der Waals surface area contributed by atoms with Crippen molar-refractivity contribution in [2.45, 2.75) is 6.54 Å². The SMILES string of the molecule is C=C(C#N)CN1Cc2c(-c3nn(C)c4ccccc34)ccc(N)c2C1=O. The number of carbonyl (C=O) groups excluding carboxylic acids is 1. The van der Waals surface area contributed by atoms with Crippen LogP contribution in [0.1, 0.15) is 15.9 Å². The predicted octanol–water partition coefficient (Wildman–Crippen LogP) is 2.86. The molecule has 0 spiro atoms. The Labute approximate surface area is 150 Å². The Morgan fingerprint density at radius 3 is 2.88 bits per heavy atom. The van der Waals surface area contributed by atoms with E-state index in [0.29, 0.717) is 23.4 Å². The van der Waals surface area contributed by atoms with Crippen molar-refractivity contribution in [3.05, 3.63) is 59.7 Å². The molecule has 1 aliphatic heterocycles. The van der Waals surface area contributed by atoms with Gasteiger partial charge in [0.1, 0.15) is 5.69 Å². The fraction of sp³-hybridized carbons (Fsp3) is 0.150. The van der Waals surface area contributed by atoms with E-state index < -0.39 is 0 Å². The lowest BCUT2D eigenvalue weighted by Crippen LogP contribution is -2.26. The van der Waals surface area contributed by atoms with Crippen molar-refractivity contribution >= 4 is 22.5 Å². The smallest absolute Gasteiger partial charge is 0.256 e. The van der Waals surface area contributed by atoms with Gasteiger partial charge in [0.25, 0.3) is 5.91 Å². The minimum absolute atomic E-state index is 0.170. The number of para-hydroxylation sites is 1. The van der Waals surface area contributed by atoms with Crippen LogP contribution in [0, 0.1) is 11.3 Å². The molecule has 2 aromatic carbocycles. The average molecular weight is 343 g/mol. The number of anilines is 1. The van der Waals surface area contributed by atoms with Gasteiger partial charge >= 0.3 is 0 Å². The molecule has 0 bridgehead atoms. The third-order valence-corrected chi connectivity index (χ3v) is 4.75. The topological polar surface area (TPSA) is 87.9 Å². The molecule has 1 aromatic heterocycles. The summed E-state index contributed by atoms with van der Waals surface area (Å²) >= 11 is 0. The van der Waals surface area contributed by atoms with Crippen molar-refractivity contribution in [2.75, 3.05) is 12.3 Å². The molecule has 4 rings (SSSR count). The van der Waals surface area contributed by atoms with Crippen LogP contribution in [0.3, 0.4) is 0 Å². The van der Waals surface area contributed by atoms with Crippen LogP contribution in [0.2, 0.25) is 0 Å². The van der Waals surface area contributed by atoms with Crippen molar-refractivity contribution in [1.82, 2.24) is 14.7 Å². The van der Waals surface area contributed by atoms with Gasteiger partial charge in [0.15, 0.2) is 0 Å². The molecule has 6 heteroatoms. The zero-order valence-corrected chi connectivity index (χ0v) is 14.4. The first-order chi connectivity index (χ1) is 12.5. The molecule has 26 heavy (non-hydrogen) atoms. The zero-order valence-electron chi connectivity index (χ0n) is 14.4. The monoisotopic (exact) mass is 343 g/mol. The summed E-state index contributed by atoms with van der Waals surface area (Å²) < 4.78 is 1.83. The Morgan fingerprint density at radius 1 is 1.35 bits per heavy atom. The number of aromatic nitrogens is 2. The molecule has 0 radical (unpaired) electrons. The van der Waals surface area contributed by atoms with Gasteiger partial charge in [-0.15, -0.1) is 0 Å². The van der Waals surface area contributed by atoms with E-state index in [-0.39, 0.29) is 12.5 Å². The van der Waals surface area contributed by atoms with Gasteiger partial charge in [-0.05, 0) is 17.7 Å². The van der Waals surface area contributed by atoms with Crippen molar-refractivity contribution in [3.63, 3.8) is 0 Å². The van der Waals surface area contributed by atoms with Crippen molar-refractivity contribution < 1.29 is 4.79 Å². The summed E-state index contributed by atoms with van der Waals surface area (Å²) in [5, 5.41) is 14.7. The van der Waals surface area contributed by atoms with Gasteiger partial charge in [0.2, 0.25) is 0 Å². The Bertz CT molecular complexity index is 1120. The fourth-order valence-electron chi connectivity index (χ4n) is 3.53. The lowest BCUT2D eigenvalue weighted by atomic mass is 9.97. The number of rotatable bonds is 3. The number of nitrogens with two attached hydrogens (primary N) is 1. The van der Waals surface area contributed by atoms with Gasteiger partial charge in [-0.3, -0.25) is 9.48 Å². The van der Waals surface area contributed by atoms with Crippen molar-refractivity contribution in [2.24, 2.45) is 7.05 Å². The second kappa shape index (κ2) is 5.74. The zero-order chi connectivity index (χ0) is 18.4. The molecule has 0 unspecified atom stereocenters. The molecular formula is C20H17N5O. The molecule has 0 atom stereocenters. The van der Waals surface area contributed by atoms with Gasteiger partial charge < -0.3 is 10.6 Å². The molecule has 0 saturated heterocycles. The van der Waals surface area contributed by atoms with Crippen LogP contribution in [0.15, 0.2) is 48.6 Å².